The van der Waals surface area contributed by atoms with Gasteiger partial charge in [-0.3, -0.25) is 4.79 Å². The molecule has 7 heteroatoms. The van der Waals surface area contributed by atoms with Crippen LogP contribution in [0.2, 0.25) is 0 Å². The van der Waals surface area contributed by atoms with E-state index in [-0.39, 0.29) is 11.6 Å². The lowest BCUT2D eigenvalue weighted by Gasteiger charge is -2.09. The average molecular weight is 393 g/mol. The number of hydrogen-bond donors (Lipinski definition) is 1. The zero-order valence-corrected chi connectivity index (χ0v) is 16.2. The van der Waals surface area contributed by atoms with E-state index in [1.165, 1.54) is 12.4 Å². The molecular formula is C22H23N3O4. The van der Waals surface area contributed by atoms with Crippen LogP contribution in [-0.4, -0.2) is 35.6 Å². The predicted octanol–water partition coefficient (Wildman–Crippen LogP) is 3.26. The highest BCUT2D eigenvalue weighted by molar-refractivity contribution is 5.92. The quantitative estimate of drug-likeness (QED) is 0.533. The molecule has 0 aliphatic rings. The van der Waals surface area contributed by atoms with Crippen LogP contribution in [0.3, 0.4) is 0 Å². The number of carbonyl (C=O) groups is 1. The minimum Gasteiger partial charge on any atom is -0.494 e. The molecule has 1 heterocycles. The van der Waals surface area contributed by atoms with Gasteiger partial charge in [-0.25, -0.2) is 9.97 Å². The fraction of sp³-hybridized carbons (Fsp3) is 0.227. The third-order valence-corrected chi connectivity index (χ3v) is 3.90. The molecule has 2 aromatic carbocycles. The Balaban J connectivity index is 1.43. The van der Waals surface area contributed by atoms with Crippen LogP contribution in [0.1, 0.15) is 23.0 Å². The van der Waals surface area contributed by atoms with Gasteiger partial charge in [0.1, 0.15) is 36.7 Å². The van der Waals surface area contributed by atoms with Gasteiger partial charge < -0.3 is 19.5 Å². The summed E-state index contributed by atoms with van der Waals surface area (Å²) >= 11 is 0. The smallest absolute Gasteiger partial charge is 0.270 e. The molecule has 0 unspecified atom stereocenters. The lowest BCUT2D eigenvalue weighted by Crippen LogP contribution is -2.28. The van der Waals surface area contributed by atoms with Gasteiger partial charge in [-0.1, -0.05) is 30.3 Å². The molecule has 0 aliphatic heterocycles. The van der Waals surface area contributed by atoms with Crippen molar-refractivity contribution in [3.05, 3.63) is 78.2 Å². The molecule has 0 spiro atoms. The number of amides is 1. The zero-order valence-electron chi connectivity index (χ0n) is 16.2. The van der Waals surface area contributed by atoms with E-state index in [4.69, 9.17) is 14.2 Å². The molecule has 0 radical (unpaired) electrons. The number of carbonyl (C=O) groups excluding carboxylic acids is 1. The summed E-state index contributed by atoms with van der Waals surface area (Å²) in [5.41, 5.74) is 1.26. The second kappa shape index (κ2) is 10.7. The third kappa shape index (κ3) is 6.49. The van der Waals surface area contributed by atoms with Gasteiger partial charge in [0, 0.05) is 6.07 Å². The number of benzene rings is 2. The second-order valence-corrected chi connectivity index (χ2v) is 6.02. The Morgan fingerprint density at radius 3 is 2.38 bits per heavy atom. The van der Waals surface area contributed by atoms with Gasteiger partial charge >= 0.3 is 0 Å². The van der Waals surface area contributed by atoms with Crippen molar-refractivity contribution in [3.8, 4) is 17.4 Å². The first-order valence-corrected chi connectivity index (χ1v) is 9.37. The first kappa shape index (κ1) is 20.1. The van der Waals surface area contributed by atoms with Crippen LogP contribution in [0.25, 0.3) is 0 Å². The van der Waals surface area contributed by atoms with Crippen molar-refractivity contribution in [2.75, 3.05) is 19.8 Å². The second-order valence-electron chi connectivity index (χ2n) is 6.02. The molecule has 3 aromatic rings. The number of hydrogen-bond acceptors (Lipinski definition) is 6. The number of ether oxygens (including phenoxy) is 3. The van der Waals surface area contributed by atoms with Crippen molar-refractivity contribution in [2.24, 2.45) is 0 Å². The Bertz CT molecular complexity index is 901. The van der Waals surface area contributed by atoms with Crippen LogP contribution in [0.15, 0.2) is 67.0 Å². The number of nitrogens with one attached hydrogen (secondary N) is 1. The fourth-order valence-corrected chi connectivity index (χ4v) is 2.50. The molecule has 1 aromatic heterocycles. The minimum absolute atomic E-state index is 0.240. The van der Waals surface area contributed by atoms with Crippen LogP contribution in [-0.2, 0) is 6.61 Å². The van der Waals surface area contributed by atoms with Crippen molar-refractivity contribution in [1.29, 1.82) is 0 Å². The Kier molecular flexibility index (Phi) is 7.40. The van der Waals surface area contributed by atoms with Gasteiger partial charge in [-0.15, -0.1) is 0 Å². The minimum atomic E-state index is -0.313. The molecule has 1 amide bonds. The standard InChI is InChI=1S/C22H23N3O4/c1-2-27-18-8-10-19(11-9-18)28-13-12-23-22(26)20-14-21(25-16-24-20)29-15-17-6-4-3-5-7-17/h3-11,14,16H,2,12-13,15H2,1H3,(H,23,26). The van der Waals surface area contributed by atoms with E-state index >= 15 is 0 Å². The molecule has 150 valence electrons. The highest BCUT2D eigenvalue weighted by Gasteiger charge is 2.09. The number of rotatable bonds is 10. The monoisotopic (exact) mass is 393 g/mol. The van der Waals surface area contributed by atoms with E-state index in [2.05, 4.69) is 15.3 Å². The van der Waals surface area contributed by atoms with Crippen LogP contribution >= 0.6 is 0 Å². The average Bonchev–Trinajstić information content (AvgIpc) is 2.77. The first-order valence-electron chi connectivity index (χ1n) is 9.37. The topological polar surface area (TPSA) is 82.6 Å². The van der Waals surface area contributed by atoms with Gasteiger partial charge in [0.15, 0.2) is 0 Å². The van der Waals surface area contributed by atoms with Gasteiger partial charge in [0.2, 0.25) is 5.88 Å². The summed E-state index contributed by atoms with van der Waals surface area (Å²) in [5.74, 6) is 1.54. The van der Waals surface area contributed by atoms with E-state index in [0.717, 1.165) is 11.3 Å². The third-order valence-electron chi connectivity index (χ3n) is 3.90. The molecule has 0 saturated carbocycles. The molecule has 29 heavy (non-hydrogen) atoms. The van der Waals surface area contributed by atoms with E-state index in [1.54, 1.807) is 0 Å². The maximum Gasteiger partial charge on any atom is 0.270 e. The van der Waals surface area contributed by atoms with Gasteiger partial charge in [-0.05, 0) is 36.8 Å². The summed E-state index contributed by atoms with van der Waals surface area (Å²) in [6.45, 7) is 3.60. The normalized spacial score (nSPS) is 10.2. The van der Waals surface area contributed by atoms with Gasteiger partial charge in [0.05, 0.1) is 13.2 Å². The molecule has 0 aliphatic carbocycles. The Morgan fingerprint density at radius 2 is 1.66 bits per heavy atom. The van der Waals surface area contributed by atoms with E-state index in [1.807, 2.05) is 61.5 Å². The van der Waals surface area contributed by atoms with Gasteiger partial charge in [-0.2, -0.15) is 0 Å². The summed E-state index contributed by atoms with van der Waals surface area (Å²) in [5, 5.41) is 2.77. The van der Waals surface area contributed by atoms with Crippen LogP contribution < -0.4 is 19.5 Å². The number of nitrogens with zero attached hydrogens (tertiary/aromatic N) is 2. The van der Waals surface area contributed by atoms with E-state index < -0.39 is 0 Å². The highest BCUT2D eigenvalue weighted by atomic mass is 16.5. The zero-order chi connectivity index (χ0) is 20.3. The van der Waals surface area contributed by atoms with Crippen LogP contribution in [0.4, 0.5) is 0 Å². The van der Waals surface area contributed by atoms with Crippen molar-refractivity contribution >= 4 is 5.91 Å². The SMILES string of the molecule is CCOc1ccc(OCCNC(=O)c2cc(OCc3ccccc3)ncn2)cc1. The van der Waals surface area contributed by atoms with Crippen molar-refractivity contribution in [2.45, 2.75) is 13.5 Å². The molecule has 0 bridgehead atoms. The van der Waals surface area contributed by atoms with Crippen molar-refractivity contribution in [3.63, 3.8) is 0 Å². The fourth-order valence-electron chi connectivity index (χ4n) is 2.50. The molecule has 7 nitrogen and oxygen atoms in total. The maximum atomic E-state index is 12.3. The Labute approximate surface area is 169 Å². The maximum absolute atomic E-state index is 12.3. The van der Waals surface area contributed by atoms with E-state index in [0.29, 0.717) is 38.0 Å². The molecule has 1 N–H and O–H groups in total. The molecule has 3 rings (SSSR count). The molecular weight excluding hydrogens is 370 g/mol. The summed E-state index contributed by atoms with van der Waals surface area (Å²) in [4.78, 5) is 20.3. The molecule has 0 saturated heterocycles. The summed E-state index contributed by atoms with van der Waals surface area (Å²) < 4.78 is 16.6. The Morgan fingerprint density at radius 1 is 0.931 bits per heavy atom. The molecule has 0 atom stereocenters. The lowest BCUT2D eigenvalue weighted by atomic mass is 10.2. The van der Waals surface area contributed by atoms with Crippen LogP contribution in [0, 0.1) is 0 Å². The first-order chi connectivity index (χ1) is 14.2. The molecule has 0 fully saturated rings. The highest BCUT2D eigenvalue weighted by Crippen LogP contribution is 2.17. The van der Waals surface area contributed by atoms with Crippen molar-refractivity contribution in [1.82, 2.24) is 15.3 Å². The van der Waals surface area contributed by atoms with Crippen LogP contribution in [0.5, 0.6) is 17.4 Å². The largest absolute Gasteiger partial charge is 0.494 e. The summed E-state index contributed by atoms with van der Waals surface area (Å²) in [6.07, 6.45) is 1.31. The van der Waals surface area contributed by atoms with Gasteiger partial charge in [0.25, 0.3) is 5.91 Å². The summed E-state index contributed by atoms with van der Waals surface area (Å²) in [6, 6.07) is 18.6. The lowest BCUT2D eigenvalue weighted by molar-refractivity contribution is 0.0941. The van der Waals surface area contributed by atoms with E-state index in [9.17, 15) is 4.79 Å². The van der Waals surface area contributed by atoms with Crippen molar-refractivity contribution < 1.29 is 19.0 Å². The summed E-state index contributed by atoms with van der Waals surface area (Å²) in [7, 11) is 0. The number of aromatic nitrogens is 2. The Hall–Kier alpha value is -3.61. The predicted molar refractivity (Wildman–Crippen MR) is 108 cm³/mol.